The van der Waals surface area contributed by atoms with E-state index in [4.69, 9.17) is 9.47 Å². The molecular weight excluding hydrogens is 414 g/mol. The lowest BCUT2D eigenvalue weighted by molar-refractivity contribution is -0.141. The Kier molecular flexibility index (Phi) is 7.43. The van der Waals surface area contributed by atoms with Gasteiger partial charge in [-0.25, -0.2) is 4.79 Å². The molecule has 27 heavy (non-hydrogen) atoms. The standard InChI is InChI=1S/C20H20BrNO5/c1-26-17-9-5-14(12-18(17)27-2)11-16(20(24)25)22-19(23)10-6-13-3-7-15(21)8-4-13/h3-10,12,16H,11H2,1-2H3,(H,22,23)(H,24,25)/b10-6+. The van der Waals surface area contributed by atoms with Crippen molar-refractivity contribution in [2.75, 3.05) is 14.2 Å². The number of carboxylic acid groups (broad SMARTS) is 1. The Morgan fingerprint density at radius 3 is 2.37 bits per heavy atom. The minimum atomic E-state index is -1.12. The van der Waals surface area contributed by atoms with Crippen molar-refractivity contribution >= 4 is 33.9 Å². The van der Waals surface area contributed by atoms with E-state index in [9.17, 15) is 14.7 Å². The second kappa shape index (κ2) is 9.78. The van der Waals surface area contributed by atoms with Crippen LogP contribution in [0.25, 0.3) is 6.08 Å². The SMILES string of the molecule is COc1ccc(CC(NC(=O)/C=C/c2ccc(Br)cc2)C(=O)O)cc1OC. The molecule has 1 atom stereocenters. The highest BCUT2D eigenvalue weighted by molar-refractivity contribution is 9.10. The minimum absolute atomic E-state index is 0.119. The molecule has 2 aromatic rings. The zero-order valence-corrected chi connectivity index (χ0v) is 16.5. The van der Waals surface area contributed by atoms with Gasteiger partial charge in [-0.2, -0.15) is 0 Å². The van der Waals surface area contributed by atoms with Crippen molar-refractivity contribution in [2.24, 2.45) is 0 Å². The number of benzene rings is 2. The summed E-state index contributed by atoms with van der Waals surface area (Å²) < 4.78 is 11.3. The Morgan fingerprint density at radius 1 is 1.11 bits per heavy atom. The van der Waals surface area contributed by atoms with Gasteiger partial charge in [-0.05, 0) is 41.5 Å². The molecule has 0 spiro atoms. The van der Waals surface area contributed by atoms with E-state index in [-0.39, 0.29) is 6.42 Å². The summed E-state index contributed by atoms with van der Waals surface area (Å²) in [6, 6.07) is 11.5. The Morgan fingerprint density at radius 2 is 1.78 bits per heavy atom. The fraction of sp³-hybridized carbons (Fsp3) is 0.200. The van der Waals surface area contributed by atoms with Crippen LogP contribution < -0.4 is 14.8 Å². The number of carbonyl (C=O) groups excluding carboxylic acids is 1. The fourth-order valence-electron chi connectivity index (χ4n) is 2.41. The van der Waals surface area contributed by atoms with Crippen LogP contribution in [0.4, 0.5) is 0 Å². The monoisotopic (exact) mass is 433 g/mol. The molecule has 0 aliphatic rings. The van der Waals surface area contributed by atoms with E-state index in [0.29, 0.717) is 17.1 Å². The van der Waals surface area contributed by atoms with Crippen molar-refractivity contribution in [1.29, 1.82) is 0 Å². The van der Waals surface area contributed by atoms with E-state index >= 15 is 0 Å². The molecule has 2 N–H and O–H groups in total. The van der Waals surface area contributed by atoms with E-state index in [0.717, 1.165) is 10.0 Å². The highest BCUT2D eigenvalue weighted by Crippen LogP contribution is 2.28. The first-order valence-electron chi connectivity index (χ1n) is 8.10. The number of hydrogen-bond donors (Lipinski definition) is 2. The van der Waals surface area contributed by atoms with Gasteiger partial charge in [0, 0.05) is 17.0 Å². The maximum Gasteiger partial charge on any atom is 0.326 e. The van der Waals surface area contributed by atoms with Gasteiger partial charge in [0.25, 0.3) is 0 Å². The first kappa shape index (κ1) is 20.5. The molecule has 0 heterocycles. The molecular formula is C20H20BrNO5. The average molecular weight is 434 g/mol. The van der Waals surface area contributed by atoms with Crippen LogP contribution in [0.3, 0.4) is 0 Å². The van der Waals surface area contributed by atoms with Crippen molar-refractivity contribution in [3.8, 4) is 11.5 Å². The Bertz CT molecular complexity index is 833. The third-order valence-corrected chi connectivity index (χ3v) is 4.33. The van der Waals surface area contributed by atoms with E-state index < -0.39 is 17.9 Å². The van der Waals surface area contributed by atoms with Gasteiger partial charge in [-0.1, -0.05) is 34.1 Å². The van der Waals surface area contributed by atoms with Crippen molar-refractivity contribution < 1.29 is 24.2 Å². The molecule has 0 fully saturated rings. The molecule has 1 unspecified atom stereocenters. The lowest BCUT2D eigenvalue weighted by atomic mass is 10.1. The van der Waals surface area contributed by atoms with Crippen molar-refractivity contribution in [2.45, 2.75) is 12.5 Å². The normalized spacial score (nSPS) is 11.8. The second-order valence-corrected chi connectivity index (χ2v) is 6.59. The number of nitrogens with one attached hydrogen (secondary N) is 1. The number of amides is 1. The van der Waals surface area contributed by atoms with Gasteiger partial charge in [-0.3, -0.25) is 4.79 Å². The van der Waals surface area contributed by atoms with Crippen molar-refractivity contribution in [3.05, 3.63) is 64.1 Å². The van der Waals surface area contributed by atoms with E-state index in [1.54, 1.807) is 24.3 Å². The van der Waals surface area contributed by atoms with Gasteiger partial charge < -0.3 is 19.9 Å². The fourth-order valence-corrected chi connectivity index (χ4v) is 2.67. The summed E-state index contributed by atoms with van der Waals surface area (Å²) >= 11 is 3.34. The van der Waals surface area contributed by atoms with Gasteiger partial charge in [0.05, 0.1) is 14.2 Å². The number of hydrogen-bond acceptors (Lipinski definition) is 4. The summed E-state index contributed by atoms with van der Waals surface area (Å²) in [6.45, 7) is 0. The molecule has 0 saturated carbocycles. The van der Waals surface area contributed by atoms with Gasteiger partial charge in [0.2, 0.25) is 5.91 Å². The van der Waals surface area contributed by atoms with E-state index in [1.807, 2.05) is 24.3 Å². The highest BCUT2D eigenvalue weighted by Gasteiger charge is 2.20. The zero-order valence-electron chi connectivity index (χ0n) is 14.9. The smallest absolute Gasteiger partial charge is 0.326 e. The highest BCUT2D eigenvalue weighted by atomic mass is 79.9. The lowest BCUT2D eigenvalue weighted by Crippen LogP contribution is -2.41. The molecule has 0 aliphatic heterocycles. The minimum Gasteiger partial charge on any atom is -0.493 e. The first-order chi connectivity index (χ1) is 12.9. The van der Waals surface area contributed by atoms with Crippen LogP contribution in [0.5, 0.6) is 11.5 Å². The Balaban J connectivity index is 2.05. The second-order valence-electron chi connectivity index (χ2n) is 5.68. The predicted octanol–water partition coefficient (Wildman–Crippen LogP) is 3.29. The maximum atomic E-state index is 12.1. The van der Waals surface area contributed by atoms with Crippen LogP contribution in [-0.4, -0.2) is 37.2 Å². The number of ether oxygens (including phenoxy) is 2. The number of aliphatic carboxylic acids is 1. The molecule has 2 aromatic carbocycles. The zero-order chi connectivity index (χ0) is 19.8. The molecule has 0 aliphatic carbocycles. The number of carboxylic acids is 1. The van der Waals surface area contributed by atoms with Gasteiger partial charge >= 0.3 is 5.97 Å². The average Bonchev–Trinajstić information content (AvgIpc) is 2.66. The molecule has 0 aromatic heterocycles. The van der Waals surface area contributed by atoms with Gasteiger partial charge in [-0.15, -0.1) is 0 Å². The quantitative estimate of drug-likeness (QED) is 0.623. The third-order valence-electron chi connectivity index (χ3n) is 3.80. The molecule has 2 rings (SSSR count). The molecule has 6 nitrogen and oxygen atoms in total. The molecule has 142 valence electrons. The number of halogens is 1. The van der Waals surface area contributed by atoms with Gasteiger partial charge in [0.15, 0.2) is 11.5 Å². The van der Waals surface area contributed by atoms with Crippen LogP contribution in [-0.2, 0) is 16.0 Å². The molecule has 0 radical (unpaired) electrons. The van der Waals surface area contributed by atoms with Crippen LogP contribution in [0.15, 0.2) is 53.0 Å². The topological polar surface area (TPSA) is 84.9 Å². The summed E-state index contributed by atoms with van der Waals surface area (Å²) in [7, 11) is 3.03. The molecule has 0 bridgehead atoms. The van der Waals surface area contributed by atoms with Crippen LogP contribution in [0.2, 0.25) is 0 Å². The summed E-state index contributed by atoms with van der Waals surface area (Å²) in [5.74, 6) is -0.545. The molecule has 1 amide bonds. The van der Waals surface area contributed by atoms with Gasteiger partial charge in [0.1, 0.15) is 6.04 Å². The predicted molar refractivity (Wildman–Crippen MR) is 106 cm³/mol. The Hall–Kier alpha value is -2.80. The van der Waals surface area contributed by atoms with E-state index in [1.165, 1.54) is 20.3 Å². The maximum absolute atomic E-state index is 12.1. The molecule has 7 heteroatoms. The summed E-state index contributed by atoms with van der Waals surface area (Å²) in [5, 5.41) is 11.9. The third kappa shape index (κ3) is 6.14. The van der Waals surface area contributed by atoms with Crippen LogP contribution in [0, 0.1) is 0 Å². The number of carbonyl (C=O) groups is 2. The molecule has 0 saturated heterocycles. The largest absolute Gasteiger partial charge is 0.493 e. The lowest BCUT2D eigenvalue weighted by Gasteiger charge is -2.15. The van der Waals surface area contributed by atoms with Crippen LogP contribution in [0.1, 0.15) is 11.1 Å². The number of methoxy groups -OCH3 is 2. The van der Waals surface area contributed by atoms with Crippen LogP contribution >= 0.6 is 15.9 Å². The summed E-state index contributed by atoms with van der Waals surface area (Å²) in [6.07, 6.45) is 3.05. The number of rotatable bonds is 8. The van der Waals surface area contributed by atoms with Crippen molar-refractivity contribution in [3.63, 3.8) is 0 Å². The van der Waals surface area contributed by atoms with E-state index in [2.05, 4.69) is 21.2 Å². The van der Waals surface area contributed by atoms with Crippen molar-refractivity contribution in [1.82, 2.24) is 5.32 Å². The Labute approximate surface area is 165 Å². The summed E-state index contributed by atoms with van der Waals surface area (Å²) in [5.41, 5.74) is 1.54. The first-order valence-corrected chi connectivity index (χ1v) is 8.90. The summed E-state index contributed by atoms with van der Waals surface area (Å²) in [4.78, 5) is 23.6.